The Morgan fingerprint density at radius 3 is 2.81 bits per heavy atom. The molecule has 3 rings (SSSR count). The number of methoxy groups -OCH3 is 1. The van der Waals surface area contributed by atoms with Crippen LogP contribution in [0.5, 0.6) is 11.5 Å². The molecule has 0 saturated carbocycles. The van der Waals surface area contributed by atoms with Gasteiger partial charge < -0.3 is 30.1 Å². The fourth-order valence-electron chi connectivity index (χ4n) is 2.66. The van der Waals surface area contributed by atoms with E-state index in [4.69, 9.17) is 9.47 Å². The van der Waals surface area contributed by atoms with Gasteiger partial charge in [-0.15, -0.1) is 0 Å². The summed E-state index contributed by atoms with van der Waals surface area (Å²) in [6, 6.07) is 7.26. The molecule has 0 amide bonds. The number of ether oxygens (including phenoxy) is 2. The SMILES string of the molecule is CNc1ccnc(Nc2ccc(OC)c(OC[C@@H](O)CN3CCC3)c2)n1. The Morgan fingerprint density at radius 2 is 2.12 bits per heavy atom. The molecule has 0 bridgehead atoms. The maximum atomic E-state index is 10.1. The van der Waals surface area contributed by atoms with Crippen molar-refractivity contribution >= 4 is 17.5 Å². The van der Waals surface area contributed by atoms with Crippen LogP contribution in [0.2, 0.25) is 0 Å². The van der Waals surface area contributed by atoms with Crippen LogP contribution in [0.1, 0.15) is 6.42 Å². The first-order valence-electron chi connectivity index (χ1n) is 8.67. The van der Waals surface area contributed by atoms with Gasteiger partial charge in [0.05, 0.1) is 7.11 Å². The van der Waals surface area contributed by atoms with E-state index < -0.39 is 6.10 Å². The lowest BCUT2D eigenvalue weighted by atomic mass is 10.2. The molecule has 1 saturated heterocycles. The quantitative estimate of drug-likeness (QED) is 0.623. The van der Waals surface area contributed by atoms with Crippen molar-refractivity contribution in [1.29, 1.82) is 0 Å². The van der Waals surface area contributed by atoms with Crippen LogP contribution in [0.3, 0.4) is 0 Å². The van der Waals surface area contributed by atoms with E-state index in [0.717, 1.165) is 24.6 Å². The summed E-state index contributed by atoms with van der Waals surface area (Å²) < 4.78 is 11.1. The molecule has 3 N–H and O–H groups in total. The number of β-amino-alcohol motifs (C(OH)–C–C–N with tert-alkyl or cyclic N) is 1. The van der Waals surface area contributed by atoms with E-state index in [1.165, 1.54) is 6.42 Å². The number of likely N-dealkylation sites (tertiary alicyclic amines) is 1. The lowest BCUT2D eigenvalue weighted by Gasteiger charge is -2.32. The zero-order valence-electron chi connectivity index (χ0n) is 15.1. The van der Waals surface area contributed by atoms with E-state index in [-0.39, 0.29) is 6.61 Å². The van der Waals surface area contributed by atoms with Crippen molar-refractivity contribution < 1.29 is 14.6 Å². The van der Waals surface area contributed by atoms with Gasteiger partial charge in [-0.3, -0.25) is 0 Å². The highest BCUT2D eigenvalue weighted by atomic mass is 16.5. The van der Waals surface area contributed by atoms with Gasteiger partial charge in [-0.25, -0.2) is 4.98 Å². The van der Waals surface area contributed by atoms with Gasteiger partial charge in [0, 0.05) is 31.5 Å². The molecule has 1 aromatic heterocycles. The summed E-state index contributed by atoms with van der Waals surface area (Å²) in [6.45, 7) is 2.93. The molecule has 8 heteroatoms. The average Bonchev–Trinajstić information content (AvgIpc) is 2.63. The maximum absolute atomic E-state index is 10.1. The minimum Gasteiger partial charge on any atom is -0.493 e. The standard InChI is InChI=1S/C18H25N5O3/c1-19-17-6-7-20-18(22-17)21-13-4-5-15(25-2)16(10-13)26-12-14(24)11-23-8-3-9-23/h4-7,10,14,24H,3,8-9,11-12H2,1-2H3,(H2,19,20,21,22)/t14-/m0/s1. The predicted octanol–water partition coefficient (Wildman–Crippen LogP) is 1.72. The summed E-state index contributed by atoms with van der Waals surface area (Å²) in [4.78, 5) is 10.7. The molecule has 1 aliphatic rings. The number of rotatable bonds is 9. The lowest BCUT2D eigenvalue weighted by molar-refractivity contribution is 0.0460. The number of hydrogen-bond acceptors (Lipinski definition) is 8. The van der Waals surface area contributed by atoms with E-state index in [1.807, 2.05) is 12.1 Å². The molecule has 8 nitrogen and oxygen atoms in total. The number of benzene rings is 1. The number of nitrogens with zero attached hydrogens (tertiary/aromatic N) is 3. The second kappa shape index (κ2) is 8.68. The normalized spacial score (nSPS) is 15.0. The van der Waals surface area contributed by atoms with Gasteiger partial charge in [-0.1, -0.05) is 0 Å². The molecule has 1 aromatic carbocycles. The Hall–Kier alpha value is -2.58. The molecule has 140 valence electrons. The Kier molecular flexibility index (Phi) is 6.08. The van der Waals surface area contributed by atoms with Crippen molar-refractivity contribution in [2.24, 2.45) is 0 Å². The van der Waals surface area contributed by atoms with Crippen LogP contribution in [0.15, 0.2) is 30.5 Å². The summed E-state index contributed by atoms with van der Waals surface area (Å²) in [7, 11) is 3.39. The molecule has 1 atom stereocenters. The van der Waals surface area contributed by atoms with E-state index in [0.29, 0.717) is 24.0 Å². The Labute approximate surface area is 153 Å². The van der Waals surface area contributed by atoms with Crippen LogP contribution in [0.25, 0.3) is 0 Å². The Bertz CT molecular complexity index is 724. The Morgan fingerprint density at radius 1 is 1.27 bits per heavy atom. The molecule has 0 spiro atoms. The van der Waals surface area contributed by atoms with Crippen molar-refractivity contribution in [3.63, 3.8) is 0 Å². The van der Waals surface area contributed by atoms with Gasteiger partial charge >= 0.3 is 0 Å². The number of hydrogen-bond donors (Lipinski definition) is 3. The fourth-order valence-corrected chi connectivity index (χ4v) is 2.66. The van der Waals surface area contributed by atoms with E-state index in [9.17, 15) is 5.11 Å². The molecular weight excluding hydrogens is 334 g/mol. The second-order valence-corrected chi connectivity index (χ2v) is 6.13. The van der Waals surface area contributed by atoms with Gasteiger partial charge in [0.25, 0.3) is 0 Å². The molecule has 0 aliphatic carbocycles. The molecule has 0 radical (unpaired) electrons. The van der Waals surface area contributed by atoms with E-state index in [2.05, 4.69) is 25.5 Å². The minimum atomic E-state index is -0.535. The molecule has 0 unspecified atom stereocenters. The van der Waals surface area contributed by atoms with Gasteiger partial charge in [-0.05, 0) is 37.7 Å². The Balaban J connectivity index is 1.65. The topological polar surface area (TPSA) is 91.8 Å². The monoisotopic (exact) mass is 359 g/mol. The minimum absolute atomic E-state index is 0.210. The summed E-state index contributed by atoms with van der Waals surface area (Å²) in [5.41, 5.74) is 0.770. The van der Waals surface area contributed by atoms with Crippen LogP contribution in [0, 0.1) is 0 Å². The van der Waals surface area contributed by atoms with Crippen LogP contribution >= 0.6 is 0 Å². The van der Waals surface area contributed by atoms with Crippen LogP contribution in [-0.2, 0) is 0 Å². The number of aliphatic hydroxyl groups is 1. The highest BCUT2D eigenvalue weighted by molar-refractivity contribution is 5.60. The van der Waals surface area contributed by atoms with Crippen molar-refractivity contribution in [1.82, 2.24) is 14.9 Å². The van der Waals surface area contributed by atoms with Gasteiger partial charge in [0.1, 0.15) is 18.5 Å². The molecule has 1 aliphatic heterocycles. The van der Waals surface area contributed by atoms with E-state index in [1.54, 1.807) is 32.5 Å². The summed E-state index contributed by atoms with van der Waals surface area (Å²) >= 11 is 0. The first-order chi connectivity index (χ1) is 12.7. The third kappa shape index (κ3) is 4.74. The predicted molar refractivity (Wildman–Crippen MR) is 100 cm³/mol. The average molecular weight is 359 g/mol. The van der Waals surface area contributed by atoms with Gasteiger partial charge in [0.15, 0.2) is 11.5 Å². The summed E-state index contributed by atoms with van der Waals surface area (Å²) in [5.74, 6) is 2.37. The number of aliphatic hydroxyl groups excluding tert-OH is 1. The molecule has 26 heavy (non-hydrogen) atoms. The van der Waals surface area contributed by atoms with Gasteiger partial charge in [-0.2, -0.15) is 4.98 Å². The maximum Gasteiger partial charge on any atom is 0.229 e. The van der Waals surface area contributed by atoms with E-state index >= 15 is 0 Å². The zero-order chi connectivity index (χ0) is 18.4. The lowest BCUT2D eigenvalue weighted by Crippen LogP contribution is -2.43. The summed E-state index contributed by atoms with van der Waals surface area (Å²) in [6.07, 6.45) is 2.34. The highest BCUT2D eigenvalue weighted by Crippen LogP contribution is 2.31. The van der Waals surface area contributed by atoms with Crippen molar-refractivity contribution in [3.8, 4) is 11.5 Å². The molecular formula is C18H25N5O3. The first kappa shape index (κ1) is 18.2. The van der Waals surface area contributed by atoms with Crippen LogP contribution in [0.4, 0.5) is 17.5 Å². The first-order valence-corrected chi connectivity index (χ1v) is 8.67. The third-order valence-electron chi connectivity index (χ3n) is 4.18. The molecule has 2 heterocycles. The van der Waals surface area contributed by atoms with Crippen molar-refractivity contribution in [2.45, 2.75) is 12.5 Å². The molecule has 1 fully saturated rings. The molecule has 2 aromatic rings. The smallest absolute Gasteiger partial charge is 0.229 e. The van der Waals surface area contributed by atoms with Crippen LogP contribution < -0.4 is 20.1 Å². The fraction of sp³-hybridized carbons (Fsp3) is 0.444. The van der Waals surface area contributed by atoms with Crippen molar-refractivity contribution in [2.75, 3.05) is 51.0 Å². The number of nitrogens with one attached hydrogen (secondary N) is 2. The largest absolute Gasteiger partial charge is 0.493 e. The highest BCUT2D eigenvalue weighted by Gasteiger charge is 2.18. The number of aromatic nitrogens is 2. The number of anilines is 3. The van der Waals surface area contributed by atoms with Crippen LogP contribution in [-0.4, -0.2) is 66.5 Å². The van der Waals surface area contributed by atoms with Gasteiger partial charge in [0.2, 0.25) is 5.95 Å². The second-order valence-electron chi connectivity index (χ2n) is 6.13. The third-order valence-corrected chi connectivity index (χ3v) is 4.18. The summed E-state index contributed by atoms with van der Waals surface area (Å²) in [5, 5.41) is 16.2. The van der Waals surface area contributed by atoms with Crippen molar-refractivity contribution in [3.05, 3.63) is 30.5 Å². The zero-order valence-corrected chi connectivity index (χ0v) is 15.1.